The van der Waals surface area contributed by atoms with E-state index in [4.69, 9.17) is 14.2 Å². The lowest BCUT2D eigenvalue weighted by Crippen LogP contribution is -2.50. The molecule has 1 N–H and O–H groups in total. The van der Waals surface area contributed by atoms with Gasteiger partial charge in [0.25, 0.3) is 0 Å². The second kappa shape index (κ2) is 44.6. The Bertz CT molecular complexity index is 1390. The molecule has 0 saturated heterocycles. The molecule has 63 heavy (non-hydrogen) atoms. The Morgan fingerprint density at radius 2 is 0.905 bits per heavy atom. The van der Waals surface area contributed by atoms with E-state index >= 15 is 0 Å². The average Bonchev–Trinajstić information content (AvgIpc) is 3.24. The monoisotopic (exact) mass is 877 g/mol. The van der Waals surface area contributed by atoms with Crippen molar-refractivity contribution >= 4 is 17.9 Å². The van der Waals surface area contributed by atoms with E-state index in [2.05, 4.69) is 123 Å². The molecule has 2 unspecified atom stereocenters. The van der Waals surface area contributed by atoms with Crippen molar-refractivity contribution < 1.29 is 38.2 Å². The Balaban J connectivity index is 4.41. The summed E-state index contributed by atoms with van der Waals surface area (Å²) >= 11 is 0. The van der Waals surface area contributed by atoms with Gasteiger partial charge in [0.2, 0.25) is 0 Å². The van der Waals surface area contributed by atoms with E-state index in [-0.39, 0.29) is 42.7 Å². The van der Waals surface area contributed by atoms with Crippen LogP contribution in [0.25, 0.3) is 0 Å². The van der Waals surface area contributed by atoms with Crippen LogP contribution in [0.3, 0.4) is 0 Å². The van der Waals surface area contributed by atoms with Crippen LogP contribution in [0.2, 0.25) is 0 Å². The number of aliphatic carboxylic acids is 1. The topological polar surface area (TPSA) is 99.1 Å². The minimum atomic E-state index is -0.890. The van der Waals surface area contributed by atoms with Gasteiger partial charge in [0.15, 0.2) is 12.1 Å². The van der Waals surface area contributed by atoms with Crippen LogP contribution in [0.15, 0.2) is 109 Å². The maximum absolute atomic E-state index is 12.7. The fourth-order valence-electron chi connectivity index (χ4n) is 6.40. The third-order valence-corrected chi connectivity index (χ3v) is 10.2. The maximum Gasteiger partial charge on any atom is 0.362 e. The van der Waals surface area contributed by atoms with Gasteiger partial charge in [-0.25, -0.2) is 4.79 Å². The smallest absolute Gasteiger partial charge is 0.362 e. The van der Waals surface area contributed by atoms with Crippen LogP contribution in [0.4, 0.5) is 0 Å². The van der Waals surface area contributed by atoms with Crippen LogP contribution in [-0.2, 0) is 28.6 Å². The van der Waals surface area contributed by atoms with E-state index in [0.717, 1.165) is 89.9 Å². The van der Waals surface area contributed by atoms with Gasteiger partial charge < -0.3 is 23.8 Å². The summed E-state index contributed by atoms with van der Waals surface area (Å²) in [6, 6.07) is -0.634. The lowest BCUT2D eigenvalue weighted by Gasteiger charge is -2.31. The number of quaternary nitrogens is 1. The molecule has 0 radical (unpaired) electrons. The summed E-state index contributed by atoms with van der Waals surface area (Å²) in [5, 5.41) is 9.64. The minimum absolute atomic E-state index is 0.0271. The third-order valence-electron chi connectivity index (χ3n) is 10.2. The number of carbonyl (C=O) groups is 3. The van der Waals surface area contributed by atoms with Crippen LogP contribution in [0, 0.1) is 0 Å². The second-order valence-corrected chi connectivity index (χ2v) is 17.0. The Morgan fingerprint density at radius 3 is 1.37 bits per heavy atom. The first kappa shape index (κ1) is 59.0. The summed E-state index contributed by atoms with van der Waals surface area (Å²) in [7, 11) is 5.50. The molecule has 0 saturated carbocycles. The number of unbranched alkanes of at least 4 members (excludes halogenated alkanes) is 10. The van der Waals surface area contributed by atoms with Gasteiger partial charge in [-0.05, 0) is 96.3 Å². The summed E-state index contributed by atoms with van der Waals surface area (Å²) < 4.78 is 17.2. The molecule has 0 heterocycles. The third kappa shape index (κ3) is 43.0. The summed E-state index contributed by atoms with van der Waals surface area (Å²) in [5.74, 6) is -1.57. The molecule has 0 amide bonds. The van der Waals surface area contributed by atoms with E-state index in [1.54, 1.807) is 0 Å². The highest BCUT2D eigenvalue weighted by molar-refractivity contribution is 5.72. The number of nitrogens with zero attached hydrogens (tertiary/aromatic N) is 1. The average molecular weight is 877 g/mol. The molecule has 0 aromatic rings. The summed E-state index contributed by atoms with van der Waals surface area (Å²) in [5.41, 5.74) is 0. The number of rotatable bonds is 42. The first-order valence-corrected chi connectivity index (χ1v) is 24.4. The van der Waals surface area contributed by atoms with Gasteiger partial charge in [0, 0.05) is 19.3 Å². The van der Waals surface area contributed by atoms with Crippen molar-refractivity contribution in [3.63, 3.8) is 0 Å². The van der Waals surface area contributed by atoms with Crippen molar-refractivity contribution in [1.82, 2.24) is 0 Å². The number of carboxylic acids is 1. The Labute approximate surface area is 385 Å². The number of carbonyl (C=O) groups excluding carboxylic acids is 2. The van der Waals surface area contributed by atoms with Crippen molar-refractivity contribution in [2.45, 2.75) is 180 Å². The number of esters is 2. The molecule has 0 aromatic heterocycles. The molecule has 0 aromatic carbocycles. The number of hydrogen-bond acceptors (Lipinski definition) is 6. The predicted molar refractivity (Wildman–Crippen MR) is 266 cm³/mol. The fourth-order valence-corrected chi connectivity index (χ4v) is 6.40. The van der Waals surface area contributed by atoms with Gasteiger partial charge in [0.1, 0.15) is 6.61 Å². The lowest BCUT2D eigenvalue weighted by atomic mass is 10.1. The molecule has 0 bridgehead atoms. The SMILES string of the molecule is CC/C=C/C/C=C/C/C=C/C/C=C/C/C=C/CCCCCCCCC(=O)OCC(COCCC(C(=O)O)[N+](C)(C)C)OC(=O)CCC/C=C/C/C=C/C/C=C/C/C=C/CCCCC. The molecule has 8 heteroatoms. The van der Waals surface area contributed by atoms with E-state index in [1.807, 2.05) is 21.1 Å². The molecule has 0 aliphatic heterocycles. The van der Waals surface area contributed by atoms with Crippen molar-refractivity contribution in [1.29, 1.82) is 0 Å². The molecule has 0 aliphatic rings. The van der Waals surface area contributed by atoms with Gasteiger partial charge in [-0.15, -0.1) is 0 Å². The van der Waals surface area contributed by atoms with Crippen LogP contribution in [0.5, 0.6) is 0 Å². The minimum Gasteiger partial charge on any atom is -0.477 e. The van der Waals surface area contributed by atoms with Crippen LogP contribution in [0.1, 0.15) is 168 Å². The normalized spacial score (nSPS) is 13.9. The maximum atomic E-state index is 12.7. The summed E-state index contributed by atoms with van der Waals surface area (Å²) in [4.78, 5) is 37.1. The molecule has 0 fully saturated rings. The summed E-state index contributed by atoms with van der Waals surface area (Å²) in [6.45, 7) is 4.50. The van der Waals surface area contributed by atoms with E-state index in [1.165, 1.54) is 38.5 Å². The zero-order chi connectivity index (χ0) is 46.3. The van der Waals surface area contributed by atoms with Gasteiger partial charge >= 0.3 is 17.9 Å². The molecule has 0 aliphatic carbocycles. The highest BCUT2D eigenvalue weighted by Gasteiger charge is 2.31. The van der Waals surface area contributed by atoms with Gasteiger partial charge in [-0.1, -0.05) is 162 Å². The van der Waals surface area contributed by atoms with Gasteiger partial charge in [0.05, 0.1) is 34.4 Å². The summed E-state index contributed by atoms with van der Waals surface area (Å²) in [6.07, 6.45) is 61.4. The van der Waals surface area contributed by atoms with Gasteiger partial charge in [-0.3, -0.25) is 9.59 Å². The van der Waals surface area contributed by atoms with Crippen molar-refractivity contribution in [2.75, 3.05) is 41.0 Å². The Kier molecular flexibility index (Phi) is 41.8. The first-order valence-electron chi connectivity index (χ1n) is 24.4. The zero-order valence-electron chi connectivity index (χ0n) is 40.5. The highest BCUT2D eigenvalue weighted by Crippen LogP contribution is 2.12. The number of carboxylic acid groups (broad SMARTS) is 1. The number of likely N-dealkylation sites (N-methyl/N-ethyl adjacent to an activating group) is 1. The van der Waals surface area contributed by atoms with E-state index in [0.29, 0.717) is 19.3 Å². The van der Waals surface area contributed by atoms with Crippen molar-refractivity contribution in [3.05, 3.63) is 109 Å². The predicted octanol–water partition coefficient (Wildman–Crippen LogP) is 14.0. The number of ether oxygens (including phenoxy) is 3. The van der Waals surface area contributed by atoms with Crippen LogP contribution in [-0.4, -0.2) is 80.6 Å². The Hall–Kier alpha value is -4.01. The molecule has 8 nitrogen and oxygen atoms in total. The first-order chi connectivity index (χ1) is 30.6. The fraction of sp³-hybridized carbons (Fsp3) is 0.618. The number of hydrogen-bond donors (Lipinski definition) is 1. The second-order valence-electron chi connectivity index (χ2n) is 17.0. The molecular formula is C55H90NO7+. The lowest BCUT2D eigenvalue weighted by molar-refractivity contribution is -0.887. The van der Waals surface area contributed by atoms with Crippen LogP contribution < -0.4 is 0 Å². The van der Waals surface area contributed by atoms with E-state index in [9.17, 15) is 19.5 Å². The quantitative estimate of drug-likeness (QED) is 0.0282. The molecule has 0 spiro atoms. The molecule has 356 valence electrons. The molecular weight excluding hydrogens is 787 g/mol. The molecule has 2 atom stereocenters. The van der Waals surface area contributed by atoms with Crippen LogP contribution >= 0.6 is 0 Å². The molecule has 0 rings (SSSR count). The van der Waals surface area contributed by atoms with E-state index < -0.39 is 18.1 Å². The zero-order valence-corrected chi connectivity index (χ0v) is 40.5. The largest absolute Gasteiger partial charge is 0.477 e. The number of allylic oxidation sites excluding steroid dienone is 18. The van der Waals surface area contributed by atoms with Crippen molar-refractivity contribution in [2.24, 2.45) is 0 Å². The highest BCUT2D eigenvalue weighted by atomic mass is 16.6. The Morgan fingerprint density at radius 1 is 0.492 bits per heavy atom. The van der Waals surface area contributed by atoms with Crippen molar-refractivity contribution in [3.8, 4) is 0 Å². The standard InChI is InChI=1S/C55H89NO7/c1-6-8-10-12-14-16-18-20-22-24-25-26-27-28-30-31-33-35-37-39-41-43-45-53(57)62-50-51(49-61-48-47-52(55(59)60)56(3,4)5)63-54(58)46-44-42-40-38-36-34-32-29-23-21-19-17-15-13-11-9-7-2/h8,10,14-17,20-23,25-26,28,30,32,34,38,40,51-52H,6-7,9,11-13,18-19,24,27,29,31,33,35-37,39,41-50H2,1-5H3/p+1/b10-8+,16-14+,17-15+,22-20+,23-21+,26-25+,30-28+,34-32+,40-38+. The van der Waals surface area contributed by atoms with Gasteiger partial charge in [-0.2, -0.15) is 0 Å².